The Hall–Kier alpha value is -2.23. The average Bonchev–Trinajstić information content (AvgIpc) is 2.87. The van der Waals surface area contributed by atoms with Crippen molar-refractivity contribution >= 4 is 11.9 Å². The SMILES string of the molecule is CC(C)NC(=O)NC[C@H]1O[C@@H](CC(=O)NCc2ccc(F)cc2)[C@H](O)[C@@H]1O. The van der Waals surface area contributed by atoms with E-state index in [1.807, 2.05) is 13.8 Å². The van der Waals surface area contributed by atoms with Crippen molar-refractivity contribution in [2.75, 3.05) is 6.54 Å². The van der Waals surface area contributed by atoms with Crippen LogP contribution >= 0.6 is 0 Å². The molecule has 0 aliphatic carbocycles. The van der Waals surface area contributed by atoms with Gasteiger partial charge in [-0.05, 0) is 31.5 Å². The first kappa shape index (κ1) is 21.1. The molecule has 2 rings (SSSR count). The molecule has 9 heteroatoms. The maximum absolute atomic E-state index is 12.9. The van der Waals surface area contributed by atoms with Crippen molar-refractivity contribution in [2.45, 2.75) is 57.3 Å². The van der Waals surface area contributed by atoms with Crippen LogP contribution in [0.25, 0.3) is 0 Å². The highest BCUT2D eigenvalue weighted by atomic mass is 19.1. The van der Waals surface area contributed by atoms with Gasteiger partial charge in [0.25, 0.3) is 0 Å². The second-order valence-electron chi connectivity index (χ2n) is 6.81. The summed E-state index contributed by atoms with van der Waals surface area (Å²) >= 11 is 0. The Morgan fingerprint density at radius 2 is 1.74 bits per heavy atom. The molecule has 1 fully saturated rings. The molecule has 0 saturated carbocycles. The number of nitrogens with one attached hydrogen (secondary N) is 3. The number of ether oxygens (including phenoxy) is 1. The molecule has 1 aromatic rings. The summed E-state index contributed by atoms with van der Waals surface area (Å²) in [5.74, 6) is -0.731. The molecular weight excluding hydrogens is 357 g/mol. The molecule has 1 aromatic carbocycles. The lowest BCUT2D eigenvalue weighted by atomic mass is 10.1. The zero-order chi connectivity index (χ0) is 20.0. The summed E-state index contributed by atoms with van der Waals surface area (Å²) in [6.45, 7) is 3.84. The van der Waals surface area contributed by atoms with Crippen LogP contribution in [0.4, 0.5) is 9.18 Å². The lowest BCUT2D eigenvalue weighted by Crippen LogP contribution is -2.45. The fourth-order valence-corrected chi connectivity index (χ4v) is 2.73. The third-order valence-corrected chi connectivity index (χ3v) is 4.13. The van der Waals surface area contributed by atoms with Crippen molar-refractivity contribution in [2.24, 2.45) is 0 Å². The van der Waals surface area contributed by atoms with Crippen LogP contribution in [0, 0.1) is 5.82 Å². The van der Waals surface area contributed by atoms with E-state index in [0.717, 1.165) is 5.56 Å². The van der Waals surface area contributed by atoms with E-state index in [0.29, 0.717) is 0 Å². The van der Waals surface area contributed by atoms with Gasteiger partial charge in [-0.25, -0.2) is 9.18 Å². The van der Waals surface area contributed by atoms with Crippen LogP contribution in [0.5, 0.6) is 0 Å². The van der Waals surface area contributed by atoms with Crippen LogP contribution in [-0.2, 0) is 16.1 Å². The monoisotopic (exact) mass is 383 g/mol. The first-order chi connectivity index (χ1) is 12.8. The molecule has 150 valence electrons. The number of aliphatic hydroxyl groups excluding tert-OH is 2. The third-order valence-electron chi connectivity index (χ3n) is 4.13. The van der Waals surface area contributed by atoms with Crippen molar-refractivity contribution in [3.63, 3.8) is 0 Å². The average molecular weight is 383 g/mol. The molecule has 8 nitrogen and oxygen atoms in total. The molecule has 1 aliphatic rings. The fourth-order valence-electron chi connectivity index (χ4n) is 2.73. The number of aliphatic hydroxyl groups is 2. The minimum absolute atomic E-state index is 0.00444. The summed E-state index contributed by atoms with van der Waals surface area (Å²) in [5.41, 5.74) is 0.732. The molecule has 0 spiro atoms. The Bertz CT molecular complexity index is 640. The number of benzene rings is 1. The normalized spacial score (nSPS) is 24.7. The molecule has 1 aliphatic heterocycles. The van der Waals surface area contributed by atoms with Gasteiger partial charge in [-0.2, -0.15) is 0 Å². The van der Waals surface area contributed by atoms with Crippen LogP contribution in [0.15, 0.2) is 24.3 Å². The summed E-state index contributed by atoms with van der Waals surface area (Å²) in [6.07, 6.45) is -4.28. The number of hydrogen-bond donors (Lipinski definition) is 5. The molecular formula is C18H26FN3O5. The van der Waals surface area contributed by atoms with Gasteiger partial charge in [-0.3, -0.25) is 4.79 Å². The summed E-state index contributed by atoms with van der Waals surface area (Å²) in [7, 11) is 0. The highest BCUT2D eigenvalue weighted by Crippen LogP contribution is 2.23. The maximum Gasteiger partial charge on any atom is 0.315 e. The van der Waals surface area contributed by atoms with E-state index in [-0.39, 0.29) is 37.3 Å². The molecule has 5 N–H and O–H groups in total. The van der Waals surface area contributed by atoms with E-state index in [4.69, 9.17) is 4.74 Å². The predicted octanol–water partition coefficient (Wildman–Crippen LogP) is 0.0288. The summed E-state index contributed by atoms with van der Waals surface area (Å²) in [5, 5.41) is 28.0. The van der Waals surface area contributed by atoms with Gasteiger partial charge in [0.2, 0.25) is 5.91 Å². The van der Waals surface area contributed by atoms with Crippen molar-refractivity contribution in [1.29, 1.82) is 0 Å². The second kappa shape index (κ2) is 9.63. The smallest absolute Gasteiger partial charge is 0.315 e. The molecule has 3 amide bonds. The van der Waals surface area contributed by atoms with Crippen LogP contribution in [0.3, 0.4) is 0 Å². The van der Waals surface area contributed by atoms with Gasteiger partial charge in [0.1, 0.15) is 24.1 Å². The molecule has 0 unspecified atom stereocenters. The first-order valence-electron chi connectivity index (χ1n) is 8.83. The Morgan fingerprint density at radius 1 is 1.11 bits per heavy atom. The van der Waals surface area contributed by atoms with Gasteiger partial charge in [-0.1, -0.05) is 12.1 Å². The lowest BCUT2D eigenvalue weighted by Gasteiger charge is -2.16. The molecule has 0 radical (unpaired) electrons. The van der Waals surface area contributed by atoms with Crippen LogP contribution in [0.2, 0.25) is 0 Å². The lowest BCUT2D eigenvalue weighted by molar-refractivity contribution is -0.125. The van der Waals surface area contributed by atoms with Crippen molar-refractivity contribution in [3.8, 4) is 0 Å². The maximum atomic E-state index is 12.9. The van der Waals surface area contributed by atoms with Crippen molar-refractivity contribution in [3.05, 3.63) is 35.6 Å². The van der Waals surface area contributed by atoms with E-state index in [9.17, 15) is 24.2 Å². The number of halogens is 1. The Morgan fingerprint density at radius 3 is 2.37 bits per heavy atom. The quantitative estimate of drug-likeness (QED) is 0.455. The fraction of sp³-hybridized carbons (Fsp3) is 0.556. The van der Waals surface area contributed by atoms with Gasteiger partial charge in [-0.15, -0.1) is 0 Å². The topological polar surface area (TPSA) is 120 Å². The van der Waals surface area contributed by atoms with Gasteiger partial charge < -0.3 is 30.9 Å². The number of urea groups is 1. The third kappa shape index (κ3) is 6.46. The van der Waals surface area contributed by atoms with E-state index >= 15 is 0 Å². The second-order valence-corrected chi connectivity index (χ2v) is 6.81. The van der Waals surface area contributed by atoms with Gasteiger partial charge in [0.15, 0.2) is 0 Å². The molecule has 0 bridgehead atoms. The van der Waals surface area contributed by atoms with Crippen molar-refractivity contribution in [1.82, 2.24) is 16.0 Å². The molecule has 0 aromatic heterocycles. The number of hydrogen-bond acceptors (Lipinski definition) is 5. The van der Waals surface area contributed by atoms with Gasteiger partial charge >= 0.3 is 6.03 Å². The minimum atomic E-state index is -1.23. The first-order valence-corrected chi connectivity index (χ1v) is 8.83. The number of carbonyl (C=O) groups excluding carboxylic acids is 2. The largest absolute Gasteiger partial charge is 0.388 e. The summed E-state index contributed by atoms with van der Waals surface area (Å²) in [4.78, 5) is 23.6. The minimum Gasteiger partial charge on any atom is -0.388 e. The molecule has 1 heterocycles. The number of rotatable bonds is 7. The highest BCUT2D eigenvalue weighted by molar-refractivity contribution is 5.76. The van der Waals surface area contributed by atoms with Crippen LogP contribution in [0.1, 0.15) is 25.8 Å². The van der Waals surface area contributed by atoms with E-state index in [1.165, 1.54) is 12.1 Å². The highest BCUT2D eigenvalue weighted by Gasteiger charge is 2.43. The number of amides is 3. The summed E-state index contributed by atoms with van der Waals surface area (Å²) in [6, 6.07) is 5.27. The Balaban J connectivity index is 1.77. The molecule has 27 heavy (non-hydrogen) atoms. The van der Waals surface area contributed by atoms with Crippen LogP contribution in [-0.4, -0.2) is 59.2 Å². The van der Waals surface area contributed by atoms with E-state index in [2.05, 4.69) is 16.0 Å². The predicted molar refractivity (Wildman–Crippen MR) is 95.2 cm³/mol. The van der Waals surface area contributed by atoms with Gasteiger partial charge in [0.05, 0.1) is 12.5 Å². The van der Waals surface area contributed by atoms with E-state index in [1.54, 1.807) is 12.1 Å². The van der Waals surface area contributed by atoms with Crippen LogP contribution < -0.4 is 16.0 Å². The van der Waals surface area contributed by atoms with E-state index < -0.39 is 30.4 Å². The van der Waals surface area contributed by atoms with Gasteiger partial charge in [0, 0.05) is 19.1 Å². The number of carbonyl (C=O) groups is 2. The Labute approximate surface area is 157 Å². The zero-order valence-electron chi connectivity index (χ0n) is 15.3. The Kier molecular flexibility index (Phi) is 7.52. The zero-order valence-corrected chi connectivity index (χ0v) is 15.3. The standard InChI is InChI=1S/C18H26FN3O5/c1-10(2)22-18(26)21-9-14-17(25)16(24)13(27-14)7-15(23)20-8-11-3-5-12(19)6-4-11/h3-6,10,13-14,16-17,24-25H,7-9H2,1-2H3,(H,20,23)(H2,21,22,26)/t13-,14+,16-,17+/m0/s1. The molecule has 1 saturated heterocycles. The van der Waals surface area contributed by atoms with Crippen molar-refractivity contribution < 1.29 is 28.9 Å². The summed E-state index contributed by atoms with van der Waals surface area (Å²) < 4.78 is 18.4. The molecule has 4 atom stereocenters.